The molecule has 6 nitrogen and oxygen atoms in total. The van der Waals surface area contributed by atoms with E-state index in [-0.39, 0.29) is 18.2 Å². The van der Waals surface area contributed by atoms with Gasteiger partial charge in [0.15, 0.2) is 5.76 Å². The van der Waals surface area contributed by atoms with E-state index in [1.54, 1.807) is 46.8 Å². The van der Waals surface area contributed by atoms with E-state index in [9.17, 15) is 9.59 Å². The van der Waals surface area contributed by atoms with Gasteiger partial charge in [-0.3, -0.25) is 4.79 Å². The molecule has 0 atom stereocenters. The second kappa shape index (κ2) is 5.98. The third-order valence-electron chi connectivity index (χ3n) is 2.28. The monoisotopic (exact) mass is 282 g/mol. The maximum absolute atomic E-state index is 11.7. The quantitative estimate of drug-likeness (QED) is 0.888. The predicted molar refractivity (Wildman–Crippen MR) is 74.5 cm³/mol. The molecule has 0 aromatic carbocycles. The molecule has 0 aliphatic heterocycles. The molecular weight excluding hydrogens is 260 g/mol. The highest BCUT2D eigenvalue weighted by Gasteiger charge is 2.25. The fourth-order valence-electron chi connectivity index (χ4n) is 1.42. The van der Waals surface area contributed by atoms with Crippen molar-refractivity contribution in [1.82, 2.24) is 10.6 Å². The van der Waals surface area contributed by atoms with E-state index in [0.717, 1.165) is 0 Å². The molecule has 6 heteroatoms. The van der Waals surface area contributed by atoms with Crippen molar-refractivity contribution in [3.05, 3.63) is 24.2 Å². The van der Waals surface area contributed by atoms with E-state index in [1.807, 2.05) is 0 Å². The molecule has 0 aliphatic rings. The summed E-state index contributed by atoms with van der Waals surface area (Å²) >= 11 is 0. The van der Waals surface area contributed by atoms with Gasteiger partial charge < -0.3 is 19.8 Å². The topological polar surface area (TPSA) is 80.6 Å². The van der Waals surface area contributed by atoms with Crippen LogP contribution >= 0.6 is 0 Å². The molecule has 0 radical (unpaired) electrons. The number of carbonyl (C=O) groups is 2. The fourth-order valence-corrected chi connectivity index (χ4v) is 1.42. The highest BCUT2D eigenvalue weighted by Crippen LogP contribution is 2.09. The third-order valence-corrected chi connectivity index (χ3v) is 2.28. The van der Waals surface area contributed by atoms with Crippen LogP contribution in [-0.4, -0.2) is 29.7 Å². The Labute approximate surface area is 118 Å². The molecule has 1 heterocycles. The number of ether oxygens (including phenoxy) is 1. The molecule has 0 bridgehead atoms. The summed E-state index contributed by atoms with van der Waals surface area (Å²) in [6.45, 7) is 9.21. The maximum Gasteiger partial charge on any atom is 0.408 e. The highest BCUT2D eigenvalue weighted by molar-refractivity contribution is 5.91. The Morgan fingerprint density at radius 2 is 1.90 bits per heavy atom. The van der Waals surface area contributed by atoms with E-state index >= 15 is 0 Å². The summed E-state index contributed by atoms with van der Waals surface area (Å²) in [4.78, 5) is 23.4. The number of alkyl carbamates (subject to hydrolysis) is 1. The van der Waals surface area contributed by atoms with E-state index in [1.165, 1.54) is 6.26 Å². The van der Waals surface area contributed by atoms with Crippen molar-refractivity contribution in [2.24, 2.45) is 0 Å². The number of carbonyl (C=O) groups excluding carboxylic acids is 2. The van der Waals surface area contributed by atoms with Crippen LogP contribution in [0.4, 0.5) is 4.79 Å². The van der Waals surface area contributed by atoms with Crippen molar-refractivity contribution in [1.29, 1.82) is 0 Å². The normalized spacial score (nSPS) is 11.8. The Morgan fingerprint density at radius 1 is 1.25 bits per heavy atom. The predicted octanol–water partition coefficient (Wildman–Crippen LogP) is 2.31. The number of hydrogen-bond donors (Lipinski definition) is 2. The largest absolute Gasteiger partial charge is 0.459 e. The standard InChI is InChI=1S/C14H22N2O4/c1-13(2,3)20-12(18)16-14(4,5)9-15-11(17)10-7-6-8-19-10/h6-8H,9H2,1-5H3,(H,15,17)(H,16,18). The zero-order valence-corrected chi connectivity index (χ0v) is 12.6. The minimum atomic E-state index is -0.634. The zero-order valence-electron chi connectivity index (χ0n) is 12.6. The number of hydrogen-bond acceptors (Lipinski definition) is 4. The molecular formula is C14H22N2O4. The van der Waals surface area contributed by atoms with Gasteiger partial charge in [0.25, 0.3) is 5.91 Å². The maximum atomic E-state index is 11.7. The Balaban J connectivity index is 2.45. The van der Waals surface area contributed by atoms with Crippen LogP contribution in [0.3, 0.4) is 0 Å². The van der Waals surface area contributed by atoms with Crippen molar-refractivity contribution in [2.75, 3.05) is 6.54 Å². The van der Waals surface area contributed by atoms with Crippen molar-refractivity contribution in [3.63, 3.8) is 0 Å². The van der Waals surface area contributed by atoms with Gasteiger partial charge in [-0.1, -0.05) is 0 Å². The molecule has 0 aliphatic carbocycles. The van der Waals surface area contributed by atoms with Gasteiger partial charge in [-0.05, 0) is 46.8 Å². The van der Waals surface area contributed by atoms with Crippen LogP contribution in [-0.2, 0) is 4.74 Å². The summed E-state index contributed by atoms with van der Waals surface area (Å²) < 4.78 is 10.2. The fraction of sp³-hybridized carbons (Fsp3) is 0.571. The van der Waals surface area contributed by atoms with Gasteiger partial charge in [-0.25, -0.2) is 4.79 Å². The second-order valence-corrected chi connectivity index (χ2v) is 6.17. The van der Waals surface area contributed by atoms with Crippen LogP contribution in [0.5, 0.6) is 0 Å². The second-order valence-electron chi connectivity index (χ2n) is 6.17. The van der Waals surface area contributed by atoms with Crippen LogP contribution in [0, 0.1) is 0 Å². The first-order valence-corrected chi connectivity index (χ1v) is 6.42. The number of nitrogens with one attached hydrogen (secondary N) is 2. The van der Waals surface area contributed by atoms with Gasteiger partial charge in [-0.2, -0.15) is 0 Å². The Kier molecular flexibility index (Phi) is 4.81. The van der Waals surface area contributed by atoms with Crippen LogP contribution < -0.4 is 10.6 Å². The Hall–Kier alpha value is -1.98. The number of rotatable bonds is 4. The Bertz CT molecular complexity index is 458. The molecule has 0 saturated carbocycles. The molecule has 0 unspecified atom stereocenters. The van der Waals surface area contributed by atoms with Gasteiger partial charge in [0.05, 0.1) is 11.8 Å². The van der Waals surface area contributed by atoms with Gasteiger partial charge in [0.1, 0.15) is 5.60 Å². The average molecular weight is 282 g/mol. The van der Waals surface area contributed by atoms with Gasteiger partial charge in [0.2, 0.25) is 0 Å². The first-order chi connectivity index (χ1) is 9.09. The smallest absolute Gasteiger partial charge is 0.408 e. The number of amides is 2. The molecule has 2 amide bonds. The van der Waals surface area contributed by atoms with Gasteiger partial charge >= 0.3 is 6.09 Å². The van der Waals surface area contributed by atoms with Crippen molar-refractivity contribution in [3.8, 4) is 0 Å². The lowest BCUT2D eigenvalue weighted by Crippen LogP contribution is -2.52. The van der Waals surface area contributed by atoms with E-state index in [0.29, 0.717) is 0 Å². The van der Waals surface area contributed by atoms with Crippen LogP contribution in [0.1, 0.15) is 45.2 Å². The SMILES string of the molecule is CC(C)(CNC(=O)c1ccco1)NC(=O)OC(C)(C)C. The number of furan rings is 1. The molecule has 0 spiro atoms. The summed E-state index contributed by atoms with van der Waals surface area (Å²) in [6, 6.07) is 3.21. The zero-order chi connectivity index (χ0) is 15.4. The molecule has 0 saturated heterocycles. The van der Waals surface area contributed by atoms with Crippen molar-refractivity contribution >= 4 is 12.0 Å². The molecule has 20 heavy (non-hydrogen) atoms. The van der Waals surface area contributed by atoms with Crippen LogP contribution in [0.2, 0.25) is 0 Å². The van der Waals surface area contributed by atoms with E-state index < -0.39 is 17.2 Å². The van der Waals surface area contributed by atoms with Crippen molar-refractivity contribution in [2.45, 2.75) is 45.8 Å². The summed E-state index contributed by atoms with van der Waals surface area (Å²) in [7, 11) is 0. The lowest BCUT2D eigenvalue weighted by atomic mass is 10.1. The molecule has 112 valence electrons. The van der Waals surface area contributed by atoms with Crippen LogP contribution in [0.15, 0.2) is 22.8 Å². The summed E-state index contributed by atoms with van der Waals surface area (Å²) in [6.07, 6.45) is 0.911. The molecule has 1 aromatic rings. The highest BCUT2D eigenvalue weighted by atomic mass is 16.6. The first-order valence-electron chi connectivity index (χ1n) is 6.42. The van der Waals surface area contributed by atoms with Crippen LogP contribution in [0.25, 0.3) is 0 Å². The lowest BCUT2D eigenvalue weighted by Gasteiger charge is -2.28. The van der Waals surface area contributed by atoms with Crippen molar-refractivity contribution < 1.29 is 18.7 Å². The first kappa shape index (κ1) is 16.1. The summed E-state index contributed by atoms with van der Waals surface area (Å²) in [5.74, 6) is -0.0906. The lowest BCUT2D eigenvalue weighted by molar-refractivity contribution is 0.0468. The minimum Gasteiger partial charge on any atom is -0.459 e. The van der Waals surface area contributed by atoms with E-state index in [2.05, 4.69) is 10.6 Å². The van der Waals surface area contributed by atoms with Gasteiger partial charge in [-0.15, -0.1) is 0 Å². The minimum absolute atomic E-state index is 0.234. The Morgan fingerprint density at radius 3 is 2.40 bits per heavy atom. The molecule has 1 aromatic heterocycles. The molecule has 0 fully saturated rings. The van der Waals surface area contributed by atoms with Gasteiger partial charge in [0, 0.05) is 6.54 Å². The summed E-state index contributed by atoms with van der Waals surface area (Å²) in [5.41, 5.74) is -1.19. The summed E-state index contributed by atoms with van der Waals surface area (Å²) in [5, 5.41) is 5.40. The molecule has 2 N–H and O–H groups in total. The average Bonchev–Trinajstić information content (AvgIpc) is 2.75. The molecule has 1 rings (SSSR count). The third kappa shape index (κ3) is 5.77. The van der Waals surface area contributed by atoms with E-state index in [4.69, 9.17) is 9.15 Å².